The fourth-order valence-corrected chi connectivity index (χ4v) is 1.30. The van der Waals surface area contributed by atoms with E-state index in [9.17, 15) is 9.70 Å². The fraction of sp³-hybridized carbons (Fsp3) is 0.364. The molecule has 1 unspecified atom stereocenters. The maximum absolute atomic E-state index is 10.7. The van der Waals surface area contributed by atoms with Crippen LogP contribution in [-0.4, -0.2) is 17.2 Å². The summed E-state index contributed by atoms with van der Waals surface area (Å²) in [6.07, 6.45) is -0.657. The van der Waals surface area contributed by atoms with Crippen molar-refractivity contribution in [3.63, 3.8) is 0 Å². The third-order valence-corrected chi connectivity index (χ3v) is 2.05. The number of hydrogen-bond acceptors (Lipinski definition) is 4. The van der Waals surface area contributed by atoms with E-state index in [0.29, 0.717) is 6.54 Å². The van der Waals surface area contributed by atoms with Crippen LogP contribution in [-0.2, 0) is 16.1 Å². The number of esters is 1. The third-order valence-electron chi connectivity index (χ3n) is 2.05. The maximum Gasteiger partial charge on any atom is 0.304 e. The average Bonchev–Trinajstić information content (AvgIpc) is 2.26. The first-order chi connectivity index (χ1) is 7.63. The molecule has 0 saturated carbocycles. The Morgan fingerprint density at radius 3 is 2.56 bits per heavy atom. The molecule has 0 bridgehead atoms. The maximum atomic E-state index is 10.7. The minimum Gasteiger partial charge on any atom is -0.440 e. The smallest absolute Gasteiger partial charge is 0.304 e. The van der Waals surface area contributed by atoms with E-state index in [2.05, 4.69) is 5.29 Å². The normalized spacial score (nSPS) is 11.6. The number of carbonyl (C=O) groups excluding carboxylic acids is 1. The van der Waals surface area contributed by atoms with Crippen molar-refractivity contribution in [2.45, 2.75) is 26.6 Å². The molecule has 0 spiro atoms. The molecular formula is C11H14N2O3. The highest BCUT2D eigenvalue weighted by Gasteiger charge is 2.15. The summed E-state index contributed by atoms with van der Waals surface area (Å²) in [6.45, 7) is 3.21. The Morgan fingerprint density at radius 2 is 2.06 bits per heavy atom. The minimum absolute atomic E-state index is 0.318. The Labute approximate surface area is 94.0 Å². The van der Waals surface area contributed by atoms with Crippen molar-refractivity contribution in [3.05, 3.63) is 40.8 Å². The van der Waals surface area contributed by atoms with Crippen LogP contribution in [0.5, 0.6) is 0 Å². The predicted molar refractivity (Wildman–Crippen MR) is 59.0 cm³/mol. The molecule has 0 aliphatic heterocycles. The second kappa shape index (κ2) is 5.85. The lowest BCUT2D eigenvalue weighted by Crippen LogP contribution is -2.31. The van der Waals surface area contributed by atoms with Gasteiger partial charge in [-0.15, -0.1) is 4.91 Å². The van der Waals surface area contributed by atoms with E-state index >= 15 is 0 Å². The number of benzene rings is 1. The largest absolute Gasteiger partial charge is 0.440 e. The van der Waals surface area contributed by atoms with Crippen LogP contribution in [0.3, 0.4) is 0 Å². The van der Waals surface area contributed by atoms with E-state index in [1.807, 2.05) is 30.3 Å². The van der Waals surface area contributed by atoms with Crippen molar-refractivity contribution in [2.75, 3.05) is 0 Å². The van der Waals surface area contributed by atoms with Gasteiger partial charge in [-0.25, -0.2) is 5.01 Å². The van der Waals surface area contributed by atoms with E-state index < -0.39 is 12.2 Å². The van der Waals surface area contributed by atoms with Gasteiger partial charge in [-0.1, -0.05) is 30.3 Å². The quantitative estimate of drug-likeness (QED) is 0.331. The Hall–Kier alpha value is -1.91. The minimum atomic E-state index is -0.657. The van der Waals surface area contributed by atoms with Crippen LogP contribution >= 0.6 is 0 Å². The standard InChI is InChI=1S/C11H14N2O3/c1-9(16-10(2)14)13(12-15)8-11-6-4-3-5-7-11/h3-7,9H,8H2,1-2H3. The van der Waals surface area contributed by atoms with Crippen molar-refractivity contribution in [1.82, 2.24) is 5.01 Å². The SMILES string of the molecule is CC(=O)OC(C)N(Cc1ccccc1)N=O. The van der Waals surface area contributed by atoms with Gasteiger partial charge in [0.05, 0.1) is 11.8 Å². The lowest BCUT2D eigenvalue weighted by atomic mass is 10.2. The Morgan fingerprint density at radius 1 is 1.44 bits per heavy atom. The first kappa shape index (κ1) is 12.2. The number of carbonyl (C=O) groups is 1. The molecule has 1 aromatic carbocycles. The van der Waals surface area contributed by atoms with Gasteiger partial charge in [0, 0.05) is 6.92 Å². The Balaban J connectivity index is 2.62. The predicted octanol–water partition coefficient (Wildman–Crippen LogP) is 2.08. The number of rotatable bonds is 5. The molecule has 0 radical (unpaired) electrons. The van der Waals surface area contributed by atoms with Gasteiger partial charge in [-0.3, -0.25) is 4.79 Å². The van der Waals surface area contributed by atoms with E-state index in [0.717, 1.165) is 5.56 Å². The lowest BCUT2D eigenvalue weighted by Gasteiger charge is -2.22. The molecule has 0 aromatic heterocycles. The highest BCUT2D eigenvalue weighted by Crippen LogP contribution is 2.09. The summed E-state index contributed by atoms with van der Waals surface area (Å²) in [4.78, 5) is 21.4. The number of ether oxygens (including phenoxy) is 1. The van der Waals surface area contributed by atoms with Crippen LogP contribution in [0.2, 0.25) is 0 Å². The van der Waals surface area contributed by atoms with Crippen LogP contribution in [0.25, 0.3) is 0 Å². The summed E-state index contributed by atoms with van der Waals surface area (Å²) in [7, 11) is 0. The van der Waals surface area contributed by atoms with Crippen LogP contribution in [0.1, 0.15) is 19.4 Å². The van der Waals surface area contributed by atoms with Crippen LogP contribution in [0, 0.1) is 4.91 Å². The van der Waals surface area contributed by atoms with Crippen molar-refractivity contribution < 1.29 is 9.53 Å². The van der Waals surface area contributed by atoms with Crippen molar-refractivity contribution in [2.24, 2.45) is 5.29 Å². The molecule has 1 atom stereocenters. The molecule has 0 aliphatic rings. The van der Waals surface area contributed by atoms with E-state index in [1.54, 1.807) is 6.92 Å². The average molecular weight is 222 g/mol. The first-order valence-corrected chi connectivity index (χ1v) is 4.94. The third kappa shape index (κ3) is 3.68. The van der Waals surface area contributed by atoms with Crippen LogP contribution in [0.15, 0.2) is 35.6 Å². The summed E-state index contributed by atoms with van der Waals surface area (Å²) >= 11 is 0. The van der Waals surface area contributed by atoms with Crippen LogP contribution in [0.4, 0.5) is 0 Å². The van der Waals surface area contributed by atoms with Gasteiger partial charge in [0.1, 0.15) is 0 Å². The second-order valence-corrected chi connectivity index (χ2v) is 3.37. The van der Waals surface area contributed by atoms with Gasteiger partial charge in [-0.2, -0.15) is 0 Å². The Bertz CT molecular complexity index is 354. The Kier molecular flexibility index (Phi) is 4.44. The fourth-order valence-electron chi connectivity index (χ4n) is 1.30. The molecule has 0 heterocycles. The molecule has 16 heavy (non-hydrogen) atoms. The van der Waals surface area contributed by atoms with Gasteiger partial charge in [0.25, 0.3) is 0 Å². The van der Waals surface area contributed by atoms with E-state index in [1.165, 1.54) is 11.9 Å². The van der Waals surface area contributed by atoms with Crippen molar-refractivity contribution in [3.8, 4) is 0 Å². The van der Waals surface area contributed by atoms with Crippen LogP contribution < -0.4 is 0 Å². The summed E-state index contributed by atoms with van der Waals surface area (Å²) in [5, 5.41) is 4.02. The molecule has 0 fully saturated rings. The zero-order valence-corrected chi connectivity index (χ0v) is 9.29. The highest BCUT2D eigenvalue weighted by molar-refractivity contribution is 5.66. The molecule has 0 saturated heterocycles. The molecule has 1 rings (SSSR count). The molecular weight excluding hydrogens is 208 g/mol. The topological polar surface area (TPSA) is 59.0 Å². The summed E-state index contributed by atoms with van der Waals surface area (Å²) < 4.78 is 4.87. The van der Waals surface area contributed by atoms with Crippen molar-refractivity contribution in [1.29, 1.82) is 0 Å². The second-order valence-electron chi connectivity index (χ2n) is 3.37. The van der Waals surface area contributed by atoms with E-state index in [-0.39, 0.29) is 0 Å². The summed E-state index contributed by atoms with van der Waals surface area (Å²) in [5.74, 6) is -0.436. The lowest BCUT2D eigenvalue weighted by molar-refractivity contribution is -0.155. The number of nitroso groups, excluding NO2 is 1. The zero-order chi connectivity index (χ0) is 12.0. The van der Waals surface area contributed by atoms with Gasteiger partial charge < -0.3 is 4.74 Å². The number of hydrogen-bond donors (Lipinski definition) is 0. The molecule has 0 amide bonds. The highest BCUT2D eigenvalue weighted by atomic mass is 16.6. The van der Waals surface area contributed by atoms with Gasteiger partial charge in [0.2, 0.25) is 0 Å². The van der Waals surface area contributed by atoms with Gasteiger partial charge in [0.15, 0.2) is 6.23 Å². The van der Waals surface area contributed by atoms with Crippen molar-refractivity contribution >= 4 is 5.97 Å². The number of nitrogens with zero attached hydrogens (tertiary/aromatic N) is 2. The monoisotopic (exact) mass is 222 g/mol. The molecule has 5 nitrogen and oxygen atoms in total. The molecule has 0 aliphatic carbocycles. The molecule has 1 aromatic rings. The summed E-state index contributed by atoms with van der Waals surface area (Å²) in [5.41, 5.74) is 0.932. The van der Waals surface area contributed by atoms with Gasteiger partial charge in [-0.05, 0) is 12.5 Å². The van der Waals surface area contributed by atoms with Gasteiger partial charge >= 0.3 is 5.97 Å². The molecule has 5 heteroatoms. The van der Waals surface area contributed by atoms with E-state index in [4.69, 9.17) is 4.74 Å². The summed E-state index contributed by atoms with van der Waals surface area (Å²) in [6, 6.07) is 9.37. The zero-order valence-electron chi connectivity index (χ0n) is 9.29. The molecule has 0 N–H and O–H groups in total. The molecule has 86 valence electrons. The first-order valence-electron chi connectivity index (χ1n) is 4.94.